The van der Waals surface area contributed by atoms with Crippen molar-refractivity contribution in [1.82, 2.24) is 5.32 Å². The highest BCUT2D eigenvalue weighted by atomic mass is 16.5. The number of carbonyl (C=O) groups excluding carboxylic acids is 2. The normalized spacial score (nSPS) is 26.0. The van der Waals surface area contributed by atoms with Gasteiger partial charge in [-0.1, -0.05) is 26.7 Å². The fourth-order valence-corrected chi connectivity index (χ4v) is 3.91. The van der Waals surface area contributed by atoms with E-state index < -0.39 is 0 Å². The van der Waals surface area contributed by atoms with Crippen molar-refractivity contribution in [2.45, 2.75) is 58.4 Å². The first-order valence-corrected chi connectivity index (χ1v) is 9.92. The number of benzene rings is 1. The molecule has 1 aromatic carbocycles. The van der Waals surface area contributed by atoms with Crippen LogP contribution in [0.5, 0.6) is 5.75 Å². The van der Waals surface area contributed by atoms with Crippen molar-refractivity contribution in [3.05, 3.63) is 24.3 Å². The molecule has 26 heavy (non-hydrogen) atoms. The summed E-state index contributed by atoms with van der Waals surface area (Å²) in [6.07, 6.45) is 5.91. The quantitative estimate of drug-likeness (QED) is 0.846. The molecule has 1 N–H and O–H groups in total. The summed E-state index contributed by atoms with van der Waals surface area (Å²) in [4.78, 5) is 26.8. The molecule has 3 rings (SSSR count). The lowest BCUT2D eigenvalue weighted by molar-refractivity contribution is -0.127. The molecule has 2 amide bonds. The Bertz CT molecular complexity index is 629. The van der Waals surface area contributed by atoms with E-state index >= 15 is 0 Å². The summed E-state index contributed by atoms with van der Waals surface area (Å²) in [6.45, 7) is 5.42. The zero-order valence-electron chi connectivity index (χ0n) is 15.9. The van der Waals surface area contributed by atoms with Crippen LogP contribution in [0, 0.1) is 11.8 Å². The third kappa shape index (κ3) is 4.37. The minimum atomic E-state index is -0.257. The first-order chi connectivity index (χ1) is 12.6. The first-order valence-electron chi connectivity index (χ1n) is 9.92. The third-order valence-corrected chi connectivity index (χ3v) is 5.56. The SMILES string of the molecule is CCCOc1ccc(N2C[C@H](C(=O)N[C@H]3CCCC[C@@H]3C)CC2=O)cc1. The maximum absolute atomic E-state index is 12.6. The predicted molar refractivity (Wildman–Crippen MR) is 102 cm³/mol. The molecule has 1 saturated heterocycles. The van der Waals surface area contributed by atoms with E-state index in [1.165, 1.54) is 19.3 Å². The zero-order valence-corrected chi connectivity index (χ0v) is 15.9. The maximum atomic E-state index is 12.6. The molecule has 1 heterocycles. The fourth-order valence-electron chi connectivity index (χ4n) is 3.91. The van der Waals surface area contributed by atoms with Crippen LogP contribution in [0.1, 0.15) is 52.4 Å². The molecule has 3 atom stereocenters. The highest BCUT2D eigenvalue weighted by Crippen LogP contribution is 2.28. The number of nitrogens with one attached hydrogen (secondary N) is 1. The van der Waals surface area contributed by atoms with Crippen LogP contribution in [0.25, 0.3) is 0 Å². The molecule has 1 saturated carbocycles. The summed E-state index contributed by atoms with van der Waals surface area (Å²) in [5.74, 6) is 1.12. The molecule has 1 aliphatic carbocycles. The first kappa shape index (κ1) is 18.7. The van der Waals surface area contributed by atoms with Gasteiger partial charge in [0, 0.05) is 24.7 Å². The van der Waals surface area contributed by atoms with Crippen LogP contribution in [0.15, 0.2) is 24.3 Å². The minimum Gasteiger partial charge on any atom is -0.494 e. The highest BCUT2D eigenvalue weighted by molar-refractivity contribution is 6.00. The second kappa shape index (κ2) is 8.56. The predicted octanol–water partition coefficient (Wildman–Crippen LogP) is 3.52. The van der Waals surface area contributed by atoms with Crippen molar-refractivity contribution >= 4 is 17.5 Å². The van der Waals surface area contributed by atoms with Crippen molar-refractivity contribution < 1.29 is 14.3 Å². The van der Waals surface area contributed by atoms with Gasteiger partial charge >= 0.3 is 0 Å². The molecule has 0 unspecified atom stereocenters. The van der Waals surface area contributed by atoms with E-state index in [-0.39, 0.29) is 23.8 Å². The number of ether oxygens (including phenoxy) is 1. The van der Waals surface area contributed by atoms with E-state index in [9.17, 15) is 9.59 Å². The molecule has 0 spiro atoms. The van der Waals surface area contributed by atoms with E-state index in [0.29, 0.717) is 25.5 Å². The molecular formula is C21H30N2O3. The number of amides is 2. The Hall–Kier alpha value is -2.04. The topological polar surface area (TPSA) is 58.6 Å². The Balaban J connectivity index is 1.58. The van der Waals surface area contributed by atoms with Gasteiger partial charge in [0.15, 0.2) is 0 Å². The third-order valence-electron chi connectivity index (χ3n) is 5.56. The minimum absolute atomic E-state index is 0.0177. The molecule has 0 bridgehead atoms. The van der Waals surface area contributed by atoms with E-state index in [1.54, 1.807) is 4.90 Å². The standard InChI is InChI=1S/C21H30N2O3/c1-3-12-26-18-10-8-17(9-11-18)23-14-16(13-20(23)24)21(25)22-19-7-5-4-6-15(19)2/h8-11,15-16,19H,3-7,12-14H2,1-2H3,(H,22,25)/t15-,16+,19-/m0/s1. The Labute approximate surface area is 156 Å². The van der Waals surface area contributed by atoms with Gasteiger partial charge in [0.05, 0.1) is 12.5 Å². The summed E-state index contributed by atoms with van der Waals surface area (Å²) < 4.78 is 5.59. The second-order valence-corrected chi connectivity index (χ2v) is 7.62. The Morgan fingerprint density at radius 3 is 2.65 bits per heavy atom. The second-order valence-electron chi connectivity index (χ2n) is 7.62. The summed E-state index contributed by atoms with van der Waals surface area (Å²) in [7, 11) is 0. The van der Waals surface area contributed by atoms with Crippen molar-refractivity contribution in [2.24, 2.45) is 11.8 Å². The number of rotatable bonds is 6. The number of nitrogens with zero attached hydrogens (tertiary/aromatic N) is 1. The van der Waals surface area contributed by atoms with Gasteiger partial charge in [-0.3, -0.25) is 9.59 Å². The van der Waals surface area contributed by atoms with Crippen LogP contribution in [0.3, 0.4) is 0 Å². The summed E-state index contributed by atoms with van der Waals surface area (Å²) in [5.41, 5.74) is 0.834. The largest absolute Gasteiger partial charge is 0.494 e. The van der Waals surface area contributed by atoms with Gasteiger partial charge in [-0.15, -0.1) is 0 Å². The lowest BCUT2D eigenvalue weighted by atomic mass is 9.85. The van der Waals surface area contributed by atoms with Gasteiger partial charge in [-0.2, -0.15) is 0 Å². The molecule has 1 aliphatic heterocycles. The zero-order chi connectivity index (χ0) is 18.5. The van der Waals surface area contributed by atoms with Gasteiger partial charge in [0.2, 0.25) is 11.8 Å². The van der Waals surface area contributed by atoms with E-state index in [0.717, 1.165) is 24.3 Å². The number of anilines is 1. The van der Waals surface area contributed by atoms with E-state index in [1.807, 2.05) is 24.3 Å². The van der Waals surface area contributed by atoms with Crippen molar-refractivity contribution in [2.75, 3.05) is 18.1 Å². The van der Waals surface area contributed by atoms with Crippen LogP contribution < -0.4 is 15.0 Å². The average Bonchev–Trinajstić information content (AvgIpc) is 3.04. The lowest BCUT2D eigenvalue weighted by Crippen LogP contribution is -2.44. The smallest absolute Gasteiger partial charge is 0.227 e. The molecular weight excluding hydrogens is 328 g/mol. The fraction of sp³-hybridized carbons (Fsp3) is 0.619. The molecule has 0 aromatic heterocycles. The Morgan fingerprint density at radius 1 is 1.23 bits per heavy atom. The summed E-state index contributed by atoms with van der Waals surface area (Å²) in [5, 5.41) is 3.20. The molecule has 1 aromatic rings. The molecule has 0 radical (unpaired) electrons. The van der Waals surface area contributed by atoms with Gasteiger partial charge in [-0.05, 0) is 49.4 Å². The molecule has 5 heteroatoms. The van der Waals surface area contributed by atoms with Crippen LogP contribution in [-0.2, 0) is 9.59 Å². The summed E-state index contributed by atoms with van der Waals surface area (Å²) in [6, 6.07) is 7.82. The number of carbonyl (C=O) groups is 2. The van der Waals surface area contributed by atoms with Gasteiger partial charge < -0.3 is 15.0 Å². The van der Waals surface area contributed by atoms with Gasteiger partial charge in [0.1, 0.15) is 5.75 Å². The van der Waals surface area contributed by atoms with E-state index in [4.69, 9.17) is 4.74 Å². The maximum Gasteiger partial charge on any atom is 0.227 e. The average molecular weight is 358 g/mol. The monoisotopic (exact) mass is 358 g/mol. The van der Waals surface area contributed by atoms with Crippen LogP contribution in [0.2, 0.25) is 0 Å². The van der Waals surface area contributed by atoms with Crippen LogP contribution in [0.4, 0.5) is 5.69 Å². The van der Waals surface area contributed by atoms with Crippen molar-refractivity contribution in [3.63, 3.8) is 0 Å². The van der Waals surface area contributed by atoms with Crippen molar-refractivity contribution in [3.8, 4) is 5.75 Å². The van der Waals surface area contributed by atoms with Gasteiger partial charge in [-0.25, -0.2) is 0 Å². The molecule has 2 aliphatic rings. The highest BCUT2D eigenvalue weighted by Gasteiger charge is 2.36. The van der Waals surface area contributed by atoms with Crippen LogP contribution in [-0.4, -0.2) is 31.0 Å². The molecule has 142 valence electrons. The molecule has 2 fully saturated rings. The van der Waals surface area contributed by atoms with Crippen LogP contribution >= 0.6 is 0 Å². The summed E-state index contributed by atoms with van der Waals surface area (Å²) >= 11 is 0. The Morgan fingerprint density at radius 2 is 1.96 bits per heavy atom. The lowest BCUT2D eigenvalue weighted by Gasteiger charge is -2.30. The van der Waals surface area contributed by atoms with Gasteiger partial charge in [0.25, 0.3) is 0 Å². The molecule has 5 nitrogen and oxygen atoms in total. The number of hydrogen-bond acceptors (Lipinski definition) is 3. The number of hydrogen-bond donors (Lipinski definition) is 1. The van der Waals surface area contributed by atoms with Crippen molar-refractivity contribution in [1.29, 1.82) is 0 Å². The Kier molecular flexibility index (Phi) is 6.17. The van der Waals surface area contributed by atoms with E-state index in [2.05, 4.69) is 19.2 Å².